The molecule has 0 saturated carbocycles. The molecule has 1 spiro atoms. The third-order valence-corrected chi connectivity index (χ3v) is 4.21. The number of ether oxygens (including phenoxy) is 3. The Morgan fingerprint density at radius 1 is 1.35 bits per heavy atom. The molecule has 2 heterocycles. The van der Waals surface area contributed by atoms with E-state index in [1.807, 2.05) is 0 Å². The Hall–Kier alpha value is -0.594. The van der Waals surface area contributed by atoms with E-state index in [0.29, 0.717) is 25.4 Å². The van der Waals surface area contributed by atoms with Gasteiger partial charge in [-0.2, -0.15) is 12.5 Å². The quantitative estimate of drug-likeness (QED) is 0.744. The van der Waals surface area contributed by atoms with Crippen molar-refractivity contribution in [3.8, 4) is 0 Å². The maximum atomic E-state index is 13.8. The first-order valence-corrected chi connectivity index (χ1v) is 6.54. The van der Waals surface area contributed by atoms with Crippen LogP contribution in [0, 0.1) is 12.7 Å². The van der Waals surface area contributed by atoms with Gasteiger partial charge in [0.15, 0.2) is 0 Å². The molecule has 1 radical (unpaired) electrons. The smallest absolute Gasteiger partial charge is 0.138 e. The standard InChI is InChI=1S/C15H18FO3.Co/c1-10-7-11(16)8-12-13(10)14(17-2)19-9-15(12)3-5-18-6-4-15;/h7-8,14H,1,3-6,9H2,2H3;/q-1;/t14-;/m0./s1. The fraction of sp³-hybridized carbons (Fsp3) is 0.533. The fourth-order valence-corrected chi connectivity index (χ4v) is 3.15. The van der Waals surface area contributed by atoms with Crippen LogP contribution in [-0.4, -0.2) is 26.9 Å². The van der Waals surface area contributed by atoms with Crippen LogP contribution in [0.2, 0.25) is 0 Å². The van der Waals surface area contributed by atoms with Crippen molar-refractivity contribution >= 4 is 0 Å². The van der Waals surface area contributed by atoms with Crippen molar-refractivity contribution in [2.24, 2.45) is 0 Å². The molecule has 0 amide bonds. The Labute approximate surface area is 129 Å². The Balaban J connectivity index is 0.00000147. The van der Waals surface area contributed by atoms with E-state index >= 15 is 0 Å². The summed E-state index contributed by atoms with van der Waals surface area (Å²) in [6.07, 6.45) is 1.25. The summed E-state index contributed by atoms with van der Waals surface area (Å²) in [5.74, 6) is -0.244. The molecular weight excluding hydrogens is 306 g/mol. The minimum absolute atomic E-state index is 0. The maximum Gasteiger partial charge on any atom is 0.138 e. The van der Waals surface area contributed by atoms with Crippen molar-refractivity contribution < 1.29 is 35.4 Å². The summed E-state index contributed by atoms with van der Waals surface area (Å²) in [6, 6.07) is 3.05. The zero-order chi connectivity index (χ0) is 13.5. The molecular formula is C15H18CoFO3-. The average Bonchev–Trinajstić information content (AvgIpc) is 2.41. The molecule has 0 unspecified atom stereocenters. The summed E-state index contributed by atoms with van der Waals surface area (Å²) in [5.41, 5.74) is 2.36. The predicted octanol–water partition coefficient (Wildman–Crippen LogP) is 2.73. The molecule has 2 aliphatic heterocycles. The number of methoxy groups -OCH3 is 1. The number of rotatable bonds is 1. The topological polar surface area (TPSA) is 27.7 Å². The largest absolute Gasteiger partial charge is 0.381 e. The summed E-state index contributed by atoms with van der Waals surface area (Å²) >= 11 is 0. The van der Waals surface area contributed by atoms with Gasteiger partial charge in [0.1, 0.15) is 6.29 Å². The van der Waals surface area contributed by atoms with E-state index in [-0.39, 0.29) is 28.0 Å². The summed E-state index contributed by atoms with van der Waals surface area (Å²) in [5, 5.41) is 0. The van der Waals surface area contributed by atoms with Gasteiger partial charge < -0.3 is 14.2 Å². The van der Waals surface area contributed by atoms with Crippen LogP contribution in [0.1, 0.15) is 35.8 Å². The zero-order valence-electron chi connectivity index (χ0n) is 11.4. The van der Waals surface area contributed by atoms with E-state index < -0.39 is 6.29 Å². The third kappa shape index (κ3) is 2.49. The Morgan fingerprint density at radius 2 is 2.05 bits per heavy atom. The van der Waals surface area contributed by atoms with Crippen LogP contribution in [0.15, 0.2) is 12.1 Å². The van der Waals surface area contributed by atoms with Gasteiger partial charge in [-0.3, -0.25) is 0 Å². The molecule has 1 aromatic carbocycles. The van der Waals surface area contributed by atoms with Crippen LogP contribution in [0.25, 0.3) is 0 Å². The molecule has 1 fully saturated rings. The van der Waals surface area contributed by atoms with Crippen LogP contribution in [0.5, 0.6) is 0 Å². The third-order valence-electron chi connectivity index (χ3n) is 4.21. The monoisotopic (exact) mass is 324 g/mol. The van der Waals surface area contributed by atoms with Crippen molar-refractivity contribution in [3.63, 3.8) is 0 Å². The molecule has 1 atom stereocenters. The molecule has 113 valence electrons. The molecule has 3 nitrogen and oxygen atoms in total. The Kier molecular flexibility index (Phi) is 4.76. The second-order valence-electron chi connectivity index (χ2n) is 5.30. The first-order chi connectivity index (χ1) is 9.16. The number of benzene rings is 1. The van der Waals surface area contributed by atoms with Gasteiger partial charge in [-0.25, -0.2) is 4.39 Å². The SMILES string of the molecule is [CH2-]c1cc(F)cc2c1[C@@H](OC)OCC21CCOCC1.[Co]. The number of hydrogen-bond donors (Lipinski definition) is 0. The predicted molar refractivity (Wildman–Crippen MR) is 68.3 cm³/mol. The summed E-state index contributed by atoms with van der Waals surface area (Å²) in [4.78, 5) is 0. The number of fused-ring (bicyclic) bond motifs is 2. The van der Waals surface area contributed by atoms with Crippen LogP contribution in [0.4, 0.5) is 4.39 Å². The van der Waals surface area contributed by atoms with Crippen molar-refractivity contribution in [1.29, 1.82) is 0 Å². The van der Waals surface area contributed by atoms with E-state index in [1.54, 1.807) is 13.2 Å². The van der Waals surface area contributed by atoms with E-state index in [9.17, 15) is 4.39 Å². The van der Waals surface area contributed by atoms with E-state index in [4.69, 9.17) is 14.2 Å². The molecule has 2 aliphatic rings. The van der Waals surface area contributed by atoms with Crippen molar-refractivity contribution in [1.82, 2.24) is 0 Å². The first-order valence-electron chi connectivity index (χ1n) is 6.54. The second-order valence-corrected chi connectivity index (χ2v) is 5.30. The zero-order valence-corrected chi connectivity index (χ0v) is 12.5. The van der Waals surface area contributed by atoms with Gasteiger partial charge in [-0.05, 0) is 18.9 Å². The van der Waals surface area contributed by atoms with Crippen LogP contribution in [-0.2, 0) is 36.4 Å². The fourth-order valence-electron chi connectivity index (χ4n) is 3.15. The molecule has 0 N–H and O–H groups in total. The molecule has 0 aromatic heterocycles. The summed E-state index contributed by atoms with van der Waals surface area (Å²) < 4.78 is 30.4. The van der Waals surface area contributed by atoms with E-state index in [2.05, 4.69) is 6.92 Å². The van der Waals surface area contributed by atoms with Gasteiger partial charge in [0.05, 0.1) is 12.4 Å². The molecule has 1 aromatic rings. The molecule has 20 heavy (non-hydrogen) atoms. The summed E-state index contributed by atoms with van der Waals surface area (Å²) in [7, 11) is 1.60. The minimum atomic E-state index is -0.448. The molecule has 1 saturated heterocycles. The molecule has 0 aliphatic carbocycles. The minimum Gasteiger partial charge on any atom is -0.381 e. The van der Waals surface area contributed by atoms with Gasteiger partial charge in [-0.15, -0.1) is 6.07 Å². The average molecular weight is 324 g/mol. The van der Waals surface area contributed by atoms with Gasteiger partial charge in [0, 0.05) is 42.5 Å². The van der Waals surface area contributed by atoms with E-state index in [0.717, 1.165) is 24.0 Å². The number of hydrogen-bond acceptors (Lipinski definition) is 3. The first kappa shape index (κ1) is 15.8. The summed E-state index contributed by atoms with van der Waals surface area (Å²) in [6.45, 7) is 5.85. The Bertz CT molecular complexity index is 486. The maximum absolute atomic E-state index is 13.8. The van der Waals surface area contributed by atoms with Crippen LogP contribution in [0.3, 0.4) is 0 Å². The van der Waals surface area contributed by atoms with Crippen molar-refractivity contribution in [3.05, 3.63) is 41.6 Å². The van der Waals surface area contributed by atoms with Gasteiger partial charge >= 0.3 is 0 Å². The van der Waals surface area contributed by atoms with Gasteiger partial charge in [0.2, 0.25) is 0 Å². The van der Waals surface area contributed by atoms with Crippen molar-refractivity contribution in [2.45, 2.75) is 24.5 Å². The van der Waals surface area contributed by atoms with E-state index in [1.165, 1.54) is 6.07 Å². The van der Waals surface area contributed by atoms with Crippen LogP contribution < -0.4 is 0 Å². The van der Waals surface area contributed by atoms with Crippen molar-refractivity contribution in [2.75, 3.05) is 26.9 Å². The van der Waals surface area contributed by atoms with Gasteiger partial charge in [-0.1, -0.05) is 11.1 Å². The normalized spacial score (nSPS) is 24.0. The van der Waals surface area contributed by atoms with Gasteiger partial charge in [0.25, 0.3) is 0 Å². The second kappa shape index (κ2) is 6.03. The Morgan fingerprint density at radius 3 is 2.70 bits per heavy atom. The van der Waals surface area contributed by atoms with Crippen LogP contribution >= 0.6 is 0 Å². The molecule has 0 bridgehead atoms. The number of halogens is 1. The molecule has 3 rings (SSSR count). The molecule has 5 heteroatoms.